The third-order valence-corrected chi connectivity index (χ3v) is 1.82. The lowest BCUT2D eigenvalue weighted by Gasteiger charge is -2.12. The maximum absolute atomic E-state index is 5.23. The molecular formula is C9H21NO. The molecule has 11 heavy (non-hydrogen) atoms. The standard InChI is InChI=1S/C9H21NO/c1-4-10(3)8-6-7-9-11-5-2/h4-9H2,1-3H3. The van der Waals surface area contributed by atoms with Crippen LogP contribution in [0.25, 0.3) is 0 Å². The van der Waals surface area contributed by atoms with Crippen LogP contribution in [0.3, 0.4) is 0 Å². The van der Waals surface area contributed by atoms with Crippen LogP contribution in [-0.4, -0.2) is 38.3 Å². The number of hydrogen-bond acceptors (Lipinski definition) is 2. The minimum Gasteiger partial charge on any atom is -0.382 e. The second-order valence-electron chi connectivity index (χ2n) is 2.80. The maximum atomic E-state index is 5.23. The van der Waals surface area contributed by atoms with Crippen LogP contribution in [0.5, 0.6) is 0 Å². The Bertz CT molecular complexity index is 76.0. The molecule has 0 aliphatic carbocycles. The second kappa shape index (κ2) is 8.02. The summed E-state index contributed by atoms with van der Waals surface area (Å²) in [5, 5.41) is 0. The van der Waals surface area contributed by atoms with Crippen molar-refractivity contribution in [2.45, 2.75) is 26.7 Å². The fraction of sp³-hybridized carbons (Fsp3) is 1.00. The van der Waals surface area contributed by atoms with Gasteiger partial charge in [-0.1, -0.05) is 6.92 Å². The smallest absolute Gasteiger partial charge is 0.0466 e. The van der Waals surface area contributed by atoms with Crippen molar-refractivity contribution in [2.24, 2.45) is 0 Å². The van der Waals surface area contributed by atoms with E-state index in [0.717, 1.165) is 19.8 Å². The zero-order valence-electron chi connectivity index (χ0n) is 8.10. The quantitative estimate of drug-likeness (QED) is 0.525. The van der Waals surface area contributed by atoms with E-state index in [2.05, 4.69) is 18.9 Å². The lowest BCUT2D eigenvalue weighted by atomic mass is 10.3. The predicted molar refractivity (Wildman–Crippen MR) is 48.9 cm³/mol. The topological polar surface area (TPSA) is 12.5 Å². The first-order chi connectivity index (χ1) is 5.31. The highest BCUT2D eigenvalue weighted by molar-refractivity contribution is 4.47. The van der Waals surface area contributed by atoms with E-state index < -0.39 is 0 Å². The summed E-state index contributed by atoms with van der Waals surface area (Å²) in [5.74, 6) is 0. The Morgan fingerprint density at radius 2 is 1.91 bits per heavy atom. The van der Waals surface area contributed by atoms with Gasteiger partial charge in [-0.15, -0.1) is 0 Å². The molecule has 0 aromatic rings. The van der Waals surface area contributed by atoms with Gasteiger partial charge in [0.25, 0.3) is 0 Å². The van der Waals surface area contributed by atoms with Gasteiger partial charge in [-0.25, -0.2) is 0 Å². The molecule has 0 unspecified atom stereocenters. The van der Waals surface area contributed by atoms with Crippen LogP contribution in [0.2, 0.25) is 0 Å². The molecule has 0 amide bonds. The van der Waals surface area contributed by atoms with E-state index in [4.69, 9.17) is 4.74 Å². The lowest BCUT2D eigenvalue weighted by molar-refractivity contribution is 0.140. The first-order valence-electron chi connectivity index (χ1n) is 4.57. The van der Waals surface area contributed by atoms with Gasteiger partial charge in [0.2, 0.25) is 0 Å². The molecule has 0 aliphatic heterocycles. The summed E-state index contributed by atoms with van der Waals surface area (Å²) >= 11 is 0. The van der Waals surface area contributed by atoms with Gasteiger partial charge in [-0.05, 0) is 39.9 Å². The van der Waals surface area contributed by atoms with Gasteiger partial charge < -0.3 is 9.64 Å². The van der Waals surface area contributed by atoms with E-state index in [-0.39, 0.29) is 0 Å². The summed E-state index contributed by atoms with van der Waals surface area (Å²) < 4.78 is 5.23. The fourth-order valence-electron chi connectivity index (χ4n) is 0.888. The molecule has 0 spiro atoms. The Balaban J connectivity index is 2.89. The van der Waals surface area contributed by atoms with Gasteiger partial charge in [-0.2, -0.15) is 0 Å². The first-order valence-corrected chi connectivity index (χ1v) is 4.57. The van der Waals surface area contributed by atoms with Gasteiger partial charge in [0.15, 0.2) is 0 Å². The highest BCUT2D eigenvalue weighted by Crippen LogP contribution is 1.92. The van der Waals surface area contributed by atoms with Crippen molar-refractivity contribution >= 4 is 0 Å². The second-order valence-corrected chi connectivity index (χ2v) is 2.80. The highest BCUT2D eigenvalue weighted by atomic mass is 16.5. The summed E-state index contributed by atoms with van der Waals surface area (Å²) in [4.78, 5) is 2.33. The molecule has 0 rings (SSSR count). The van der Waals surface area contributed by atoms with Gasteiger partial charge in [-0.3, -0.25) is 0 Å². The first kappa shape index (κ1) is 10.9. The molecule has 0 aromatic carbocycles. The predicted octanol–water partition coefficient (Wildman–Crippen LogP) is 1.75. The molecule has 2 nitrogen and oxygen atoms in total. The van der Waals surface area contributed by atoms with Crippen LogP contribution >= 0.6 is 0 Å². The number of rotatable bonds is 7. The summed E-state index contributed by atoms with van der Waals surface area (Å²) in [7, 11) is 2.15. The molecule has 0 aliphatic rings. The van der Waals surface area contributed by atoms with E-state index in [0.29, 0.717) is 0 Å². The highest BCUT2D eigenvalue weighted by Gasteiger charge is 1.93. The molecular weight excluding hydrogens is 138 g/mol. The van der Waals surface area contributed by atoms with Crippen LogP contribution in [0.4, 0.5) is 0 Å². The van der Waals surface area contributed by atoms with Crippen molar-refractivity contribution in [1.82, 2.24) is 4.90 Å². The van der Waals surface area contributed by atoms with Crippen LogP contribution in [0.15, 0.2) is 0 Å². The van der Waals surface area contributed by atoms with Gasteiger partial charge in [0.1, 0.15) is 0 Å². The Morgan fingerprint density at radius 3 is 2.45 bits per heavy atom. The van der Waals surface area contributed by atoms with Crippen LogP contribution in [0, 0.1) is 0 Å². The molecule has 0 N–H and O–H groups in total. The molecule has 0 bridgehead atoms. The summed E-state index contributed by atoms with van der Waals surface area (Å²) in [6.07, 6.45) is 2.45. The van der Waals surface area contributed by atoms with Crippen molar-refractivity contribution in [3.8, 4) is 0 Å². The van der Waals surface area contributed by atoms with Crippen molar-refractivity contribution < 1.29 is 4.74 Å². The summed E-state index contributed by atoms with van der Waals surface area (Å²) in [6, 6.07) is 0. The zero-order chi connectivity index (χ0) is 8.53. The minimum atomic E-state index is 0.851. The van der Waals surface area contributed by atoms with Gasteiger partial charge in [0, 0.05) is 13.2 Å². The van der Waals surface area contributed by atoms with Crippen molar-refractivity contribution in [1.29, 1.82) is 0 Å². The lowest BCUT2D eigenvalue weighted by Crippen LogP contribution is -2.18. The molecule has 2 heteroatoms. The normalized spacial score (nSPS) is 10.9. The van der Waals surface area contributed by atoms with Crippen molar-refractivity contribution in [3.05, 3.63) is 0 Å². The van der Waals surface area contributed by atoms with Crippen molar-refractivity contribution in [2.75, 3.05) is 33.4 Å². The van der Waals surface area contributed by atoms with E-state index in [1.807, 2.05) is 6.92 Å². The molecule has 68 valence electrons. The fourth-order valence-corrected chi connectivity index (χ4v) is 0.888. The van der Waals surface area contributed by atoms with Crippen LogP contribution in [-0.2, 0) is 4.74 Å². The maximum Gasteiger partial charge on any atom is 0.0466 e. The Hall–Kier alpha value is -0.0800. The average Bonchev–Trinajstić information content (AvgIpc) is 2.04. The Labute approximate surface area is 70.5 Å². The largest absolute Gasteiger partial charge is 0.382 e. The molecule has 0 atom stereocenters. The van der Waals surface area contributed by atoms with Crippen LogP contribution in [0.1, 0.15) is 26.7 Å². The van der Waals surface area contributed by atoms with E-state index in [1.54, 1.807) is 0 Å². The number of ether oxygens (including phenoxy) is 1. The molecule has 0 heterocycles. The monoisotopic (exact) mass is 159 g/mol. The average molecular weight is 159 g/mol. The molecule has 0 saturated heterocycles. The Morgan fingerprint density at radius 1 is 1.18 bits per heavy atom. The van der Waals surface area contributed by atoms with E-state index in [9.17, 15) is 0 Å². The van der Waals surface area contributed by atoms with E-state index in [1.165, 1.54) is 19.4 Å². The molecule has 0 saturated carbocycles. The SMILES string of the molecule is CCOCCCCN(C)CC. The number of unbranched alkanes of at least 4 members (excludes halogenated alkanes) is 1. The summed E-state index contributed by atoms with van der Waals surface area (Å²) in [5.41, 5.74) is 0. The molecule has 0 aromatic heterocycles. The van der Waals surface area contributed by atoms with E-state index >= 15 is 0 Å². The third-order valence-electron chi connectivity index (χ3n) is 1.82. The van der Waals surface area contributed by atoms with Gasteiger partial charge in [0.05, 0.1) is 0 Å². The number of hydrogen-bond donors (Lipinski definition) is 0. The van der Waals surface area contributed by atoms with Crippen LogP contribution < -0.4 is 0 Å². The number of nitrogens with zero attached hydrogens (tertiary/aromatic N) is 1. The Kier molecular flexibility index (Phi) is 7.96. The van der Waals surface area contributed by atoms with Crippen molar-refractivity contribution in [3.63, 3.8) is 0 Å². The summed E-state index contributed by atoms with van der Waals surface area (Å²) in [6.45, 7) is 8.34. The zero-order valence-corrected chi connectivity index (χ0v) is 8.10. The molecule has 0 radical (unpaired) electrons. The third kappa shape index (κ3) is 7.82. The molecule has 0 fully saturated rings. The van der Waals surface area contributed by atoms with Gasteiger partial charge >= 0.3 is 0 Å². The minimum absolute atomic E-state index is 0.851.